The van der Waals surface area contributed by atoms with Crippen LogP contribution in [0, 0.1) is 5.82 Å². The first-order chi connectivity index (χ1) is 10.6. The molecular weight excluding hydrogens is 283 g/mol. The fraction of sp³-hybridized carbons (Fsp3) is 0.375. The highest BCUT2D eigenvalue weighted by Crippen LogP contribution is 2.30. The molecule has 116 valence electrons. The lowest BCUT2D eigenvalue weighted by Gasteiger charge is -2.25. The lowest BCUT2D eigenvalue weighted by Crippen LogP contribution is -2.34. The molecule has 0 spiro atoms. The van der Waals surface area contributed by atoms with E-state index in [1.807, 2.05) is 25.1 Å². The SMILES string of the molecule is CN(C)c1ncc(-c2cccc(F)c2)c([C@@H]2CNCCO2)n1. The van der Waals surface area contributed by atoms with Crippen molar-refractivity contribution in [2.75, 3.05) is 38.7 Å². The van der Waals surface area contributed by atoms with Crippen LogP contribution in [0.2, 0.25) is 0 Å². The van der Waals surface area contributed by atoms with E-state index in [-0.39, 0.29) is 11.9 Å². The first kappa shape index (κ1) is 14.9. The monoisotopic (exact) mass is 302 g/mol. The Morgan fingerprint density at radius 1 is 1.36 bits per heavy atom. The van der Waals surface area contributed by atoms with Gasteiger partial charge in [0.1, 0.15) is 11.9 Å². The van der Waals surface area contributed by atoms with E-state index >= 15 is 0 Å². The van der Waals surface area contributed by atoms with Gasteiger partial charge in [0.05, 0.1) is 12.3 Å². The van der Waals surface area contributed by atoms with Crippen LogP contribution in [0.1, 0.15) is 11.8 Å². The van der Waals surface area contributed by atoms with Gasteiger partial charge >= 0.3 is 0 Å². The Labute approximate surface area is 129 Å². The number of nitrogens with one attached hydrogen (secondary N) is 1. The Morgan fingerprint density at radius 2 is 2.23 bits per heavy atom. The molecule has 0 amide bonds. The number of ether oxygens (including phenoxy) is 1. The zero-order chi connectivity index (χ0) is 15.5. The molecule has 0 radical (unpaired) electrons. The van der Waals surface area contributed by atoms with E-state index in [4.69, 9.17) is 4.74 Å². The molecule has 3 rings (SSSR count). The van der Waals surface area contributed by atoms with E-state index < -0.39 is 0 Å². The molecule has 1 N–H and O–H groups in total. The third-order valence-electron chi connectivity index (χ3n) is 3.57. The van der Waals surface area contributed by atoms with Crippen LogP contribution in [0.4, 0.5) is 10.3 Å². The number of nitrogens with zero attached hydrogens (tertiary/aromatic N) is 3. The molecule has 0 saturated carbocycles. The summed E-state index contributed by atoms with van der Waals surface area (Å²) in [5.74, 6) is 0.340. The number of hydrogen-bond donors (Lipinski definition) is 1. The van der Waals surface area contributed by atoms with Crippen molar-refractivity contribution >= 4 is 5.95 Å². The molecule has 5 nitrogen and oxygen atoms in total. The second-order valence-corrected chi connectivity index (χ2v) is 5.44. The van der Waals surface area contributed by atoms with Crippen molar-refractivity contribution in [3.05, 3.63) is 42.0 Å². The third-order valence-corrected chi connectivity index (χ3v) is 3.57. The predicted molar refractivity (Wildman–Crippen MR) is 83.3 cm³/mol. The van der Waals surface area contributed by atoms with Gasteiger partial charge in [-0.05, 0) is 17.7 Å². The molecule has 1 aromatic heterocycles. The number of hydrogen-bond acceptors (Lipinski definition) is 5. The summed E-state index contributed by atoms with van der Waals surface area (Å²) >= 11 is 0. The van der Waals surface area contributed by atoms with Crippen molar-refractivity contribution < 1.29 is 9.13 Å². The zero-order valence-electron chi connectivity index (χ0n) is 12.7. The highest BCUT2D eigenvalue weighted by Gasteiger charge is 2.22. The molecule has 6 heteroatoms. The Kier molecular flexibility index (Phi) is 4.31. The maximum atomic E-state index is 13.5. The van der Waals surface area contributed by atoms with Crippen molar-refractivity contribution in [1.82, 2.24) is 15.3 Å². The number of aromatic nitrogens is 2. The highest BCUT2D eigenvalue weighted by atomic mass is 19.1. The average Bonchev–Trinajstić information content (AvgIpc) is 2.55. The molecule has 1 aliphatic rings. The maximum Gasteiger partial charge on any atom is 0.225 e. The minimum atomic E-state index is -0.275. The normalized spacial score (nSPS) is 18.2. The summed E-state index contributed by atoms with van der Waals surface area (Å²) in [5, 5.41) is 3.30. The summed E-state index contributed by atoms with van der Waals surface area (Å²) in [5.41, 5.74) is 2.35. The second-order valence-electron chi connectivity index (χ2n) is 5.44. The van der Waals surface area contributed by atoms with Gasteiger partial charge in [-0.1, -0.05) is 12.1 Å². The topological polar surface area (TPSA) is 50.3 Å². The van der Waals surface area contributed by atoms with Crippen LogP contribution in [0.15, 0.2) is 30.5 Å². The number of rotatable bonds is 3. The minimum absolute atomic E-state index is 0.159. The quantitative estimate of drug-likeness (QED) is 0.940. The van der Waals surface area contributed by atoms with Crippen LogP contribution < -0.4 is 10.2 Å². The average molecular weight is 302 g/mol. The van der Waals surface area contributed by atoms with Gasteiger partial charge in [-0.25, -0.2) is 14.4 Å². The first-order valence-electron chi connectivity index (χ1n) is 7.27. The Hall–Kier alpha value is -2.05. The van der Waals surface area contributed by atoms with Gasteiger partial charge in [0.25, 0.3) is 0 Å². The van der Waals surface area contributed by atoms with Gasteiger partial charge in [-0.3, -0.25) is 0 Å². The van der Waals surface area contributed by atoms with Crippen molar-refractivity contribution in [3.63, 3.8) is 0 Å². The summed E-state index contributed by atoms with van der Waals surface area (Å²) in [6.45, 7) is 2.15. The van der Waals surface area contributed by atoms with Gasteiger partial charge in [-0.15, -0.1) is 0 Å². The molecule has 0 unspecified atom stereocenters. The van der Waals surface area contributed by atoms with Crippen molar-refractivity contribution in [2.24, 2.45) is 0 Å². The van der Waals surface area contributed by atoms with Crippen LogP contribution in [-0.4, -0.2) is 43.8 Å². The van der Waals surface area contributed by atoms with E-state index in [9.17, 15) is 4.39 Å². The van der Waals surface area contributed by atoms with E-state index in [0.717, 1.165) is 23.4 Å². The summed E-state index contributed by atoms with van der Waals surface area (Å²) in [4.78, 5) is 10.8. The van der Waals surface area contributed by atoms with Crippen molar-refractivity contribution in [1.29, 1.82) is 0 Å². The van der Waals surface area contributed by atoms with E-state index in [1.54, 1.807) is 12.3 Å². The maximum absolute atomic E-state index is 13.5. The van der Waals surface area contributed by atoms with Gasteiger partial charge in [0.2, 0.25) is 5.95 Å². The summed E-state index contributed by atoms with van der Waals surface area (Å²) in [6, 6.07) is 6.47. The number of morpholine rings is 1. The summed E-state index contributed by atoms with van der Waals surface area (Å²) in [6.07, 6.45) is 1.58. The molecule has 1 aliphatic heterocycles. The van der Waals surface area contributed by atoms with Crippen molar-refractivity contribution in [2.45, 2.75) is 6.10 Å². The van der Waals surface area contributed by atoms with Gasteiger partial charge < -0.3 is 15.0 Å². The molecule has 1 saturated heterocycles. The van der Waals surface area contributed by atoms with E-state index in [1.165, 1.54) is 12.1 Å². The number of halogens is 1. The van der Waals surface area contributed by atoms with Crippen LogP contribution in [0.25, 0.3) is 11.1 Å². The molecule has 0 aliphatic carbocycles. The van der Waals surface area contributed by atoms with Crippen molar-refractivity contribution in [3.8, 4) is 11.1 Å². The first-order valence-corrected chi connectivity index (χ1v) is 7.27. The molecule has 1 fully saturated rings. The lowest BCUT2D eigenvalue weighted by molar-refractivity contribution is 0.0254. The molecule has 0 bridgehead atoms. The fourth-order valence-electron chi connectivity index (χ4n) is 2.47. The standard InChI is InChI=1S/C16H19FN4O/c1-21(2)16-19-9-13(11-4-3-5-12(17)8-11)15(20-16)14-10-18-6-7-22-14/h3-5,8-9,14,18H,6-7,10H2,1-2H3/t14-/m0/s1. The van der Waals surface area contributed by atoms with E-state index in [2.05, 4.69) is 15.3 Å². The molecule has 2 heterocycles. The molecule has 22 heavy (non-hydrogen) atoms. The van der Waals surface area contributed by atoms with E-state index in [0.29, 0.717) is 19.1 Å². The molecule has 1 atom stereocenters. The lowest BCUT2D eigenvalue weighted by atomic mass is 10.0. The summed E-state index contributed by atoms with van der Waals surface area (Å²) in [7, 11) is 3.78. The number of anilines is 1. The molecular formula is C16H19FN4O. The Balaban J connectivity index is 2.07. The molecule has 2 aromatic rings. The van der Waals surface area contributed by atoms with Gasteiger partial charge in [0, 0.05) is 38.9 Å². The highest BCUT2D eigenvalue weighted by molar-refractivity contribution is 5.66. The molecule has 1 aromatic carbocycles. The zero-order valence-corrected chi connectivity index (χ0v) is 12.7. The van der Waals surface area contributed by atoms with Crippen LogP contribution >= 0.6 is 0 Å². The fourth-order valence-corrected chi connectivity index (χ4v) is 2.47. The Morgan fingerprint density at radius 3 is 2.91 bits per heavy atom. The Bertz CT molecular complexity index is 656. The van der Waals surface area contributed by atoms with Crippen LogP contribution in [0.5, 0.6) is 0 Å². The third kappa shape index (κ3) is 3.08. The minimum Gasteiger partial charge on any atom is -0.369 e. The van der Waals surface area contributed by atoms with Gasteiger partial charge in [-0.2, -0.15) is 0 Å². The van der Waals surface area contributed by atoms with Gasteiger partial charge in [0.15, 0.2) is 0 Å². The van der Waals surface area contributed by atoms with Crippen LogP contribution in [-0.2, 0) is 4.74 Å². The predicted octanol–water partition coefficient (Wildman–Crippen LogP) is 2.01. The summed E-state index contributed by atoms with van der Waals surface area (Å²) < 4.78 is 19.4. The second kappa shape index (κ2) is 6.37. The van der Waals surface area contributed by atoms with Crippen LogP contribution in [0.3, 0.4) is 0 Å². The number of benzene rings is 1. The smallest absolute Gasteiger partial charge is 0.225 e. The largest absolute Gasteiger partial charge is 0.369 e.